The Hall–Kier alpha value is -1.21. The first-order valence-corrected chi connectivity index (χ1v) is 7.24. The molecule has 0 radical (unpaired) electrons. The summed E-state index contributed by atoms with van der Waals surface area (Å²) in [5.41, 5.74) is 7.10. The van der Waals surface area contributed by atoms with E-state index in [-0.39, 0.29) is 11.6 Å². The van der Waals surface area contributed by atoms with E-state index in [1.165, 1.54) is 11.8 Å². The van der Waals surface area contributed by atoms with Gasteiger partial charge in [-0.2, -0.15) is 5.43 Å². The standard InChI is InChI=1S/C12H15ClN4OS/c1-8-11(18)15-12(19-2,17-16-8)14-7-9-3-5-10(13)6-4-9/h3-6,14,16-17H,1,7H2,2H3,(H,15,18)/t12-/m1/s1. The lowest BCUT2D eigenvalue weighted by atomic mass is 10.2. The molecule has 0 aromatic heterocycles. The van der Waals surface area contributed by atoms with Gasteiger partial charge >= 0.3 is 0 Å². The quantitative estimate of drug-likeness (QED) is 0.496. The van der Waals surface area contributed by atoms with Gasteiger partial charge in [0.05, 0.1) is 0 Å². The summed E-state index contributed by atoms with van der Waals surface area (Å²) in [6.45, 7) is 4.17. The molecule has 1 atom stereocenters. The largest absolute Gasteiger partial charge is 0.313 e. The Balaban J connectivity index is 2.01. The number of hydrogen-bond acceptors (Lipinski definition) is 5. The molecule has 1 aromatic rings. The number of carbonyl (C=O) groups is 1. The SMILES string of the molecule is C=C1NN[C@](NCc2ccc(Cl)cc2)(SC)NC1=O. The number of rotatable bonds is 4. The fraction of sp³-hybridized carbons (Fsp3) is 0.250. The maximum Gasteiger partial charge on any atom is 0.271 e. The summed E-state index contributed by atoms with van der Waals surface area (Å²) >= 11 is 7.27. The van der Waals surface area contributed by atoms with Gasteiger partial charge in [0.15, 0.2) is 0 Å². The van der Waals surface area contributed by atoms with Crippen LogP contribution in [0.1, 0.15) is 5.56 Å². The predicted molar refractivity (Wildman–Crippen MR) is 78.1 cm³/mol. The Morgan fingerprint density at radius 1 is 1.42 bits per heavy atom. The van der Waals surface area contributed by atoms with Crippen LogP contribution in [0.3, 0.4) is 0 Å². The zero-order chi connectivity index (χ0) is 13.9. The van der Waals surface area contributed by atoms with Crippen molar-refractivity contribution in [2.75, 3.05) is 6.26 Å². The van der Waals surface area contributed by atoms with E-state index in [9.17, 15) is 4.79 Å². The highest BCUT2D eigenvalue weighted by Crippen LogP contribution is 2.17. The number of benzene rings is 1. The summed E-state index contributed by atoms with van der Waals surface area (Å²) in [4.78, 5) is 11.6. The van der Waals surface area contributed by atoms with Crippen molar-refractivity contribution < 1.29 is 4.79 Å². The molecule has 1 amide bonds. The Labute approximate surface area is 121 Å². The van der Waals surface area contributed by atoms with Gasteiger partial charge in [-0.3, -0.25) is 10.1 Å². The number of carbonyl (C=O) groups excluding carboxylic acids is 1. The molecular weight excluding hydrogens is 284 g/mol. The summed E-state index contributed by atoms with van der Waals surface area (Å²) in [6.07, 6.45) is 1.89. The normalized spacial score (nSPS) is 22.8. The lowest BCUT2D eigenvalue weighted by molar-refractivity contribution is -0.121. The van der Waals surface area contributed by atoms with Crippen LogP contribution >= 0.6 is 23.4 Å². The van der Waals surface area contributed by atoms with Crippen LogP contribution in [-0.4, -0.2) is 17.3 Å². The molecule has 0 spiro atoms. The number of amides is 1. The van der Waals surface area contributed by atoms with Crippen LogP contribution in [0.15, 0.2) is 36.5 Å². The maximum atomic E-state index is 11.6. The Morgan fingerprint density at radius 2 is 2.11 bits per heavy atom. The van der Waals surface area contributed by atoms with E-state index < -0.39 is 5.12 Å². The first kappa shape index (κ1) is 14.2. The number of hydrogen-bond donors (Lipinski definition) is 4. The zero-order valence-electron chi connectivity index (χ0n) is 10.4. The molecule has 1 aliphatic rings. The second-order valence-corrected chi connectivity index (χ2v) is 5.51. The zero-order valence-corrected chi connectivity index (χ0v) is 12.0. The van der Waals surface area contributed by atoms with Gasteiger partial charge in [0.2, 0.25) is 5.12 Å². The van der Waals surface area contributed by atoms with Crippen LogP contribution in [0.4, 0.5) is 0 Å². The topological polar surface area (TPSA) is 65.2 Å². The van der Waals surface area contributed by atoms with Crippen molar-refractivity contribution in [1.29, 1.82) is 0 Å². The molecule has 0 bridgehead atoms. The van der Waals surface area contributed by atoms with Gasteiger partial charge in [0.1, 0.15) is 5.70 Å². The fourth-order valence-electron chi connectivity index (χ4n) is 1.58. The molecule has 0 unspecified atom stereocenters. The fourth-order valence-corrected chi connectivity index (χ4v) is 2.27. The monoisotopic (exact) mass is 298 g/mol. The molecule has 19 heavy (non-hydrogen) atoms. The molecule has 1 saturated heterocycles. The average Bonchev–Trinajstić information content (AvgIpc) is 2.42. The minimum Gasteiger partial charge on any atom is -0.313 e. The van der Waals surface area contributed by atoms with Crippen LogP contribution < -0.4 is 21.5 Å². The third-order valence-electron chi connectivity index (χ3n) is 2.71. The van der Waals surface area contributed by atoms with E-state index in [1.807, 2.05) is 30.5 Å². The van der Waals surface area contributed by atoms with E-state index in [2.05, 4.69) is 28.1 Å². The van der Waals surface area contributed by atoms with Crippen molar-refractivity contribution in [2.45, 2.75) is 11.7 Å². The third-order valence-corrected chi connectivity index (χ3v) is 3.93. The molecule has 4 N–H and O–H groups in total. The van der Waals surface area contributed by atoms with Gasteiger partial charge in [-0.05, 0) is 24.0 Å². The Bertz CT molecular complexity index is 493. The van der Waals surface area contributed by atoms with Crippen molar-refractivity contribution in [3.63, 3.8) is 0 Å². The summed E-state index contributed by atoms with van der Waals surface area (Å²) in [7, 11) is 0. The predicted octanol–water partition coefficient (Wildman–Crippen LogP) is 1.14. The van der Waals surface area contributed by atoms with E-state index in [1.54, 1.807) is 0 Å². The van der Waals surface area contributed by atoms with Crippen molar-refractivity contribution in [1.82, 2.24) is 21.5 Å². The first-order chi connectivity index (χ1) is 9.04. The summed E-state index contributed by atoms with van der Waals surface area (Å²) < 4.78 is 0. The second-order valence-electron chi connectivity index (χ2n) is 4.05. The molecule has 5 nitrogen and oxygen atoms in total. The van der Waals surface area contributed by atoms with Crippen LogP contribution in [0.25, 0.3) is 0 Å². The molecule has 1 fully saturated rings. The van der Waals surface area contributed by atoms with Crippen LogP contribution in [-0.2, 0) is 11.3 Å². The van der Waals surface area contributed by atoms with E-state index in [4.69, 9.17) is 11.6 Å². The number of nitrogens with one attached hydrogen (secondary N) is 4. The number of thioether (sulfide) groups is 1. The van der Waals surface area contributed by atoms with Gasteiger partial charge in [-0.1, -0.05) is 30.3 Å². The summed E-state index contributed by atoms with van der Waals surface area (Å²) in [6, 6.07) is 7.52. The minimum absolute atomic E-state index is 0.239. The number of halogens is 1. The highest BCUT2D eigenvalue weighted by atomic mass is 35.5. The minimum atomic E-state index is -0.766. The Kier molecular flexibility index (Phi) is 4.36. The smallest absolute Gasteiger partial charge is 0.271 e. The van der Waals surface area contributed by atoms with Crippen molar-refractivity contribution in [3.05, 3.63) is 47.1 Å². The van der Waals surface area contributed by atoms with Gasteiger partial charge in [-0.15, -0.1) is 11.8 Å². The molecule has 1 heterocycles. The van der Waals surface area contributed by atoms with Crippen molar-refractivity contribution >= 4 is 29.3 Å². The molecule has 7 heteroatoms. The van der Waals surface area contributed by atoms with Crippen molar-refractivity contribution in [3.8, 4) is 0 Å². The van der Waals surface area contributed by atoms with Crippen LogP contribution in [0, 0.1) is 0 Å². The van der Waals surface area contributed by atoms with Crippen LogP contribution in [0.5, 0.6) is 0 Å². The van der Waals surface area contributed by atoms with Gasteiger partial charge in [0.25, 0.3) is 5.91 Å². The lowest BCUT2D eigenvalue weighted by Crippen LogP contribution is -2.72. The van der Waals surface area contributed by atoms with Crippen LogP contribution in [0.2, 0.25) is 5.02 Å². The molecule has 1 aliphatic heterocycles. The highest BCUT2D eigenvalue weighted by Gasteiger charge is 2.35. The molecule has 0 saturated carbocycles. The highest BCUT2D eigenvalue weighted by molar-refractivity contribution is 7.99. The lowest BCUT2D eigenvalue weighted by Gasteiger charge is -2.39. The van der Waals surface area contributed by atoms with Gasteiger partial charge < -0.3 is 10.7 Å². The maximum absolute atomic E-state index is 11.6. The Morgan fingerprint density at radius 3 is 2.68 bits per heavy atom. The van der Waals surface area contributed by atoms with Gasteiger partial charge in [0, 0.05) is 11.6 Å². The van der Waals surface area contributed by atoms with E-state index in [0.29, 0.717) is 11.6 Å². The second kappa shape index (κ2) is 5.83. The van der Waals surface area contributed by atoms with Gasteiger partial charge in [-0.25, -0.2) is 0 Å². The van der Waals surface area contributed by atoms with Crippen molar-refractivity contribution in [2.24, 2.45) is 0 Å². The molecule has 0 aliphatic carbocycles. The molecule has 2 rings (SSSR count). The van der Waals surface area contributed by atoms with E-state index in [0.717, 1.165) is 5.56 Å². The number of hydrazine groups is 1. The molecule has 102 valence electrons. The summed E-state index contributed by atoms with van der Waals surface area (Å²) in [5.74, 6) is -0.239. The first-order valence-electron chi connectivity index (χ1n) is 5.64. The third kappa shape index (κ3) is 3.42. The molecular formula is C12H15ClN4OS. The average molecular weight is 299 g/mol. The molecule has 1 aromatic carbocycles. The summed E-state index contributed by atoms with van der Waals surface area (Å²) in [5, 5.41) is 6.00. The van der Waals surface area contributed by atoms with E-state index >= 15 is 0 Å².